The first-order valence-electron chi connectivity index (χ1n) is 7.30. The summed E-state index contributed by atoms with van der Waals surface area (Å²) in [6.07, 6.45) is 1.36. The summed E-state index contributed by atoms with van der Waals surface area (Å²) < 4.78 is 31.0. The molecule has 0 aliphatic carbocycles. The Bertz CT molecular complexity index is 790. The van der Waals surface area contributed by atoms with Gasteiger partial charge >= 0.3 is 0 Å². The lowest BCUT2D eigenvalue weighted by atomic mass is 10.1. The molecule has 1 atom stereocenters. The molecule has 3 rings (SSSR count). The number of hydrogen-bond donors (Lipinski definition) is 1. The van der Waals surface area contributed by atoms with Crippen molar-refractivity contribution in [1.82, 2.24) is 8.87 Å². The lowest BCUT2D eigenvalue weighted by Gasteiger charge is -2.19. The van der Waals surface area contributed by atoms with Gasteiger partial charge in [0.05, 0.1) is 12.6 Å². The molecular formula is C17H18F2N2OS. The number of aliphatic hydroxyl groups excluding tert-OH is 1. The molecule has 0 aliphatic heterocycles. The number of rotatable bonds is 5. The van der Waals surface area contributed by atoms with Gasteiger partial charge < -0.3 is 9.67 Å². The van der Waals surface area contributed by atoms with Gasteiger partial charge in [0, 0.05) is 28.4 Å². The van der Waals surface area contributed by atoms with Gasteiger partial charge in [-0.05, 0) is 49.7 Å². The maximum absolute atomic E-state index is 13.6. The van der Waals surface area contributed by atoms with E-state index in [-0.39, 0.29) is 11.6 Å². The minimum atomic E-state index is -0.582. The van der Waals surface area contributed by atoms with Crippen molar-refractivity contribution in [2.24, 2.45) is 0 Å². The first-order valence-corrected chi connectivity index (χ1v) is 8.48. The molecule has 1 aromatic heterocycles. The molecule has 0 fully saturated rings. The minimum absolute atomic E-state index is 0.358. The summed E-state index contributed by atoms with van der Waals surface area (Å²) in [6, 6.07) is 8.94. The van der Waals surface area contributed by atoms with Crippen molar-refractivity contribution in [3.05, 3.63) is 48.0 Å². The number of likely N-dealkylation sites (N-methyl/N-ethyl adjacent to an activating group) is 1. The maximum atomic E-state index is 13.6. The maximum Gasteiger partial charge on any atom is 0.123 e. The van der Waals surface area contributed by atoms with E-state index in [9.17, 15) is 13.9 Å². The van der Waals surface area contributed by atoms with Gasteiger partial charge in [-0.1, -0.05) is 11.9 Å². The third-order valence-corrected chi connectivity index (χ3v) is 4.73. The first-order chi connectivity index (χ1) is 11.0. The molecule has 0 radical (unpaired) electrons. The molecule has 1 unspecified atom stereocenters. The van der Waals surface area contributed by atoms with Crippen molar-refractivity contribution >= 4 is 33.8 Å². The van der Waals surface area contributed by atoms with Crippen LogP contribution in [0.5, 0.6) is 0 Å². The van der Waals surface area contributed by atoms with E-state index in [0.717, 1.165) is 11.0 Å². The van der Waals surface area contributed by atoms with Crippen LogP contribution in [0, 0.1) is 11.6 Å². The molecule has 2 aromatic carbocycles. The number of fused-ring (bicyclic) bond motifs is 3. The molecule has 122 valence electrons. The lowest BCUT2D eigenvalue weighted by molar-refractivity contribution is 0.139. The zero-order valence-corrected chi connectivity index (χ0v) is 13.8. The monoisotopic (exact) mass is 336 g/mol. The van der Waals surface area contributed by atoms with Crippen molar-refractivity contribution < 1.29 is 13.9 Å². The van der Waals surface area contributed by atoms with Gasteiger partial charge in [-0.3, -0.25) is 4.31 Å². The van der Waals surface area contributed by atoms with Gasteiger partial charge in [0.2, 0.25) is 0 Å². The third kappa shape index (κ3) is 3.20. The molecule has 0 bridgehead atoms. The Balaban J connectivity index is 2.10. The molecule has 23 heavy (non-hydrogen) atoms. The van der Waals surface area contributed by atoms with Crippen LogP contribution in [0.4, 0.5) is 8.78 Å². The van der Waals surface area contributed by atoms with Crippen LogP contribution in [0.1, 0.15) is 0 Å². The highest BCUT2D eigenvalue weighted by Gasteiger charge is 2.16. The van der Waals surface area contributed by atoms with Crippen LogP contribution < -0.4 is 0 Å². The summed E-state index contributed by atoms with van der Waals surface area (Å²) in [6.45, 7) is 0.868. The van der Waals surface area contributed by atoms with Crippen molar-refractivity contribution in [2.75, 3.05) is 19.8 Å². The van der Waals surface area contributed by atoms with Crippen molar-refractivity contribution in [3.63, 3.8) is 0 Å². The zero-order valence-electron chi connectivity index (χ0n) is 13.0. The van der Waals surface area contributed by atoms with Crippen LogP contribution in [-0.4, -0.2) is 39.9 Å². The number of benzene rings is 2. The molecule has 0 amide bonds. The minimum Gasteiger partial charge on any atom is -0.390 e. The van der Waals surface area contributed by atoms with E-state index in [1.807, 2.05) is 22.2 Å². The molecular weight excluding hydrogens is 318 g/mol. The number of aromatic nitrogens is 1. The Hall–Kier alpha value is -1.63. The normalized spacial score (nSPS) is 13.3. The average Bonchev–Trinajstić information content (AvgIpc) is 2.80. The molecule has 1 N–H and O–H groups in total. The molecule has 0 saturated carbocycles. The molecule has 0 saturated heterocycles. The second-order valence-corrected chi connectivity index (χ2v) is 6.57. The Morgan fingerprint density at radius 2 is 1.61 bits per heavy atom. The molecule has 0 aliphatic rings. The number of hydrogen-bond acceptors (Lipinski definition) is 3. The van der Waals surface area contributed by atoms with E-state index in [4.69, 9.17) is 0 Å². The smallest absolute Gasteiger partial charge is 0.123 e. The Labute approximate surface area is 137 Å². The summed E-state index contributed by atoms with van der Waals surface area (Å²) in [7, 11) is 1.91. The molecule has 1 heterocycles. The fourth-order valence-corrected chi connectivity index (χ4v) is 3.21. The van der Waals surface area contributed by atoms with Crippen LogP contribution >= 0.6 is 11.9 Å². The largest absolute Gasteiger partial charge is 0.390 e. The SMILES string of the molecule is CSN(C)CC(O)Cn1c2ccc(F)cc2c2cc(F)ccc21. The molecule has 0 spiro atoms. The van der Waals surface area contributed by atoms with Gasteiger partial charge in [-0.25, -0.2) is 8.78 Å². The molecule has 6 heteroatoms. The lowest BCUT2D eigenvalue weighted by Crippen LogP contribution is -2.28. The summed E-state index contributed by atoms with van der Waals surface area (Å²) in [4.78, 5) is 0. The molecule has 3 nitrogen and oxygen atoms in total. The third-order valence-electron chi connectivity index (χ3n) is 3.96. The van der Waals surface area contributed by atoms with Crippen LogP contribution in [0.2, 0.25) is 0 Å². The quantitative estimate of drug-likeness (QED) is 0.721. The van der Waals surface area contributed by atoms with Gasteiger partial charge in [0.15, 0.2) is 0 Å². The Morgan fingerprint density at radius 3 is 2.09 bits per heavy atom. The van der Waals surface area contributed by atoms with E-state index >= 15 is 0 Å². The zero-order chi connectivity index (χ0) is 16.6. The Kier molecular flexibility index (Phi) is 4.57. The summed E-state index contributed by atoms with van der Waals surface area (Å²) >= 11 is 1.54. The Morgan fingerprint density at radius 1 is 1.09 bits per heavy atom. The number of halogens is 2. The van der Waals surface area contributed by atoms with Gasteiger partial charge in [-0.15, -0.1) is 0 Å². The highest BCUT2D eigenvalue weighted by atomic mass is 32.2. The van der Waals surface area contributed by atoms with Crippen LogP contribution in [-0.2, 0) is 6.54 Å². The van der Waals surface area contributed by atoms with Gasteiger partial charge in [-0.2, -0.15) is 0 Å². The second kappa shape index (κ2) is 6.47. The molecule has 3 aromatic rings. The highest BCUT2D eigenvalue weighted by molar-refractivity contribution is 7.96. The van der Waals surface area contributed by atoms with E-state index in [0.29, 0.717) is 23.9 Å². The van der Waals surface area contributed by atoms with Crippen molar-refractivity contribution in [1.29, 1.82) is 0 Å². The summed E-state index contributed by atoms with van der Waals surface area (Å²) in [5.74, 6) is -0.716. The van der Waals surface area contributed by atoms with E-state index in [1.165, 1.54) is 24.3 Å². The van der Waals surface area contributed by atoms with E-state index in [2.05, 4.69) is 0 Å². The van der Waals surface area contributed by atoms with E-state index < -0.39 is 6.10 Å². The standard InChI is InChI=1S/C17H18F2N2OS/c1-20(23-2)9-13(22)10-21-16-5-3-11(18)7-14(16)15-8-12(19)4-6-17(15)21/h3-8,13,22H,9-10H2,1-2H3. The van der Waals surface area contributed by atoms with Gasteiger partial charge in [0.25, 0.3) is 0 Å². The van der Waals surface area contributed by atoms with Crippen LogP contribution in [0.3, 0.4) is 0 Å². The van der Waals surface area contributed by atoms with Crippen molar-refractivity contribution in [2.45, 2.75) is 12.6 Å². The fourth-order valence-electron chi connectivity index (χ4n) is 2.88. The van der Waals surface area contributed by atoms with Crippen LogP contribution in [0.15, 0.2) is 36.4 Å². The predicted molar refractivity (Wildman–Crippen MR) is 91.5 cm³/mol. The number of nitrogens with zero attached hydrogens (tertiary/aromatic N) is 2. The highest BCUT2D eigenvalue weighted by Crippen LogP contribution is 2.30. The summed E-state index contributed by atoms with van der Waals surface area (Å²) in [5, 5.41) is 11.6. The van der Waals surface area contributed by atoms with E-state index in [1.54, 1.807) is 24.1 Å². The summed E-state index contributed by atoms with van der Waals surface area (Å²) in [5.41, 5.74) is 1.58. The van der Waals surface area contributed by atoms with Crippen LogP contribution in [0.25, 0.3) is 21.8 Å². The second-order valence-electron chi connectivity index (χ2n) is 5.58. The number of aliphatic hydroxyl groups is 1. The first kappa shape index (κ1) is 16.2. The predicted octanol–water partition coefficient (Wildman–Crippen LogP) is 3.64. The van der Waals surface area contributed by atoms with Gasteiger partial charge in [0.1, 0.15) is 11.6 Å². The average molecular weight is 336 g/mol. The fraction of sp³-hybridized carbons (Fsp3) is 0.294. The topological polar surface area (TPSA) is 28.4 Å². The van der Waals surface area contributed by atoms with Crippen molar-refractivity contribution in [3.8, 4) is 0 Å².